The number of primary amides is 1. The van der Waals surface area contributed by atoms with Crippen molar-refractivity contribution in [3.8, 4) is 0 Å². The summed E-state index contributed by atoms with van der Waals surface area (Å²) in [5, 5.41) is 0.379. The van der Waals surface area contributed by atoms with Crippen molar-refractivity contribution in [3.05, 3.63) is 28.8 Å². The van der Waals surface area contributed by atoms with Crippen molar-refractivity contribution in [3.63, 3.8) is 0 Å². The van der Waals surface area contributed by atoms with Crippen LogP contribution in [0.25, 0.3) is 10.2 Å². The number of para-hydroxylation sites is 1. The lowest BCUT2D eigenvalue weighted by Crippen LogP contribution is -2.09. The summed E-state index contributed by atoms with van der Waals surface area (Å²) in [6.07, 6.45) is 0. The molecule has 1 heterocycles. The molecule has 0 unspecified atom stereocenters. The number of aryl methyl sites for hydroxylation is 1. The number of nitrogens with two attached hydrogens (primary N) is 1. The predicted octanol–water partition coefficient (Wildman–Crippen LogP) is 1.70. The number of carbonyl (C=O) groups is 1. The number of hydrogen-bond acceptors (Lipinski definition) is 3. The average molecular weight is 192 g/mol. The summed E-state index contributed by atoms with van der Waals surface area (Å²) >= 11 is 1.33. The molecule has 3 nitrogen and oxygen atoms in total. The molecule has 2 rings (SSSR count). The van der Waals surface area contributed by atoms with E-state index in [9.17, 15) is 4.79 Å². The van der Waals surface area contributed by atoms with Gasteiger partial charge in [0.25, 0.3) is 5.91 Å². The van der Waals surface area contributed by atoms with E-state index in [0.717, 1.165) is 15.8 Å². The highest BCUT2D eigenvalue weighted by Gasteiger charge is 2.08. The number of hydrogen-bond donors (Lipinski definition) is 1. The Morgan fingerprint density at radius 2 is 2.31 bits per heavy atom. The van der Waals surface area contributed by atoms with Crippen molar-refractivity contribution in [1.29, 1.82) is 0 Å². The zero-order valence-corrected chi connectivity index (χ0v) is 7.89. The van der Waals surface area contributed by atoms with Gasteiger partial charge in [-0.1, -0.05) is 12.1 Å². The number of fused-ring (bicyclic) bond motifs is 1. The molecule has 2 aromatic rings. The lowest BCUT2D eigenvalue weighted by atomic mass is 10.2. The number of aromatic nitrogens is 1. The second-order valence-corrected chi connectivity index (χ2v) is 3.84. The van der Waals surface area contributed by atoms with E-state index in [1.165, 1.54) is 11.3 Å². The van der Waals surface area contributed by atoms with Crippen LogP contribution in [0, 0.1) is 6.92 Å². The van der Waals surface area contributed by atoms with E-state index < -0.39 is 5.91 Å². The van der Waals surface area contributed by atoms with Gasteiger partial charge in [-0.3, -0.25) is 4.79 Å². The van der Waals surface area contributed by atoms with Gasteiger partial charge in [-0.05, 0) is 18.6 Å². The van der Waals surface area contributed by atoms with Gasteiger partial charge < -0.3 is 5.73 Å². The highest BCUT2D eigenvalue weighted by Crippen LogP contribution is 2.23. The van der Waals surface area contributed by atoms with E-state index in [-0.39, 0.29) is 0 Å². The fourth-order valence-corrected chi connectivity index (χ4v) is 2.09. The van der Waals surface area contributed by atoms with Gasteiger partial charge in [0.2, 0.25) is 0 Å². The fourth-order valence-electron chi connectivity index (χ4n) is 1.19. The minimum Gasteiger partial charge on any atom is -0.364 e. The zero-order valence-electron chi connectivity index (χ0n) is 7.07. The molecule has 4 heteroatoms. The van der Waals surface area contributed by atoms with Gasteiger partial charge in [0.1, 0.15) is 0 Å². The summed E-state index contributed by atoms with van der Waals surface area (Å²) in [4.78, 5) is 15.0. The van der Waals surface area contributed by atoms with Gasteiger partial charge in [-0.25, -0.2) is 4.98 Å². The summed E-state index contributed by atoms with van der Waals surface area (Å²) in [7, 11) is 0. The third kappa shape index (κ3) is 1.29. The third-order valence-corrected chi connectivity index (χ3v) is 2.87. The highest BCUT2D eigenvalue weighted by molar-refractivity contribution is 7.20. The quantitative estimate of drug-likeness (QED) is 0.747. The molecule has 0 spiro atoms. The van der Waals surface area contributed by atoms with Crippen LogP contribution in [0.15, 0.2) is 18.2 Å². The Hall–Kier alpha value is -1.42. The van der Waals surface area contributed by atoms with Crippen molar-refractivity contribution in [2.75, 3.05) is 0 Å². The van der Waals surface area contributed by atoms with E-state index in [1.807, 2.05) is 25.1 Å². The highest BCUT2D eigenvalue weighted by atomic mass is 32.1. The largest absolute Gasteiger partial charge is 0.364 e. The Kier molecular flexibility index (Phi) is 1.77. The minimum atomic E-state index is -0.458. The normalized spacial score (nSPS) is 10.5. The SMILES string of the molecule is Cc1cccc2sc(C(N)=O)nc12. The van der Waals surface area contributed by atoms with Crippen LogP contribution < -0.4 is 5.73 Å². The standard InChI is InChI=1S/C9H8N2OS/c1-5-3-2-4-6-7(5)11-9(13-6)8(10)12/h2-4H,1H3,(H2,10,12). The number of amides is 1. The molecule has 2 N–H and O–H groups in total. The number of benzene rings is 1. The first-order chi connectivity index (χ1) is 6.18. The molecule has 1 amide bonds. The molecule has 0 saturated heterocycles. The third-order valence-electron chi connectivity index (χ3n) is 1.83. The minimum absolute atomic E-state index is 0.379. The Bertz CT molecular complexity index is 475. The van der Waals surface area contributed by atoms with Crippen molar-refractivity contribution in [2.45, 2.75) is 6.92 Å². The van der Waals surface area contributed by atoms with Crippen molar-refractivity contribution in [1.82, 2.24) is 4.98 Å². The summed E-state index contributed by atoms with van der Waals surface area (Å²) in [5.41, 5.74) is 7.08. The van der Waals surface area contributed by atoms with Crippen LogP contribution in [-0.2, 0) is 0 Å². The average Bonchev–Trinajstić information content (AvgIpc) is 2.49. The number of rotatable bonds is 1. The molecule has 1 aromatic carbocycles. The van der Waals surface area contributed by atoms with E-state index in [4.69, 9.17) is 5.73 Å². The second-order valence-electron chi connectivity index (χ2n) is 2.80. The van der Waals surface area contributed by atoms with E-state index in [2.05, 4.69) is 4.98 Å². The molecule has 1 aromatic heterocycles. The topological polar surface area (TPSA) is 56.0 Å². The lowest BCUT2D eigenvalue weighted by Gasteiger charge is -1.90. The number of nitrogens with zero attached hydrogens (tertiary/aromatic N) is 1. The second kappa shape index (κ2) is 2.81. The summed E-state index contributed by atoms with van der Waals surface area (Å²) < 4.78 is 1.01. The molecule has 0 aliphatic rings. The summed E-state index contributed by atoms with van der Waals surface area (Å²) in [6.45, 7) is 1.97. The molecule has 0 aliphatic heterocycles. The molecule has 0 atom stereocenters. The van der Waals surface area contributed by atoms with Crippen LogP contribution in [0.4, 0.5) is 0 Å². The van der Waals surface area contributed by atoms with E-state index >= 15 is 0 Å². The first kappa shape index (κ1) is 8.19. The smallest absolute Gasteiger partial charge is 0.277 e. The molecule has 0 radical (unpaired) electrons. The van der Waals surface area contributed by atoms with Crippen LogP contribution in [0.1, 0.15) is 15.4 Å². The van der Waals surface area contributed by atoms with Gasteiger partial charge in [-0.15, -0.1) is 11.3 Å². The Morgan fingerprint density at radius 1 is 1.54 bits per heavy atom. The van der Waals surface area contributed by atoms with Crippen LogP contribution in [0.2, 0.25) is 0 Å². The van der Waals surface area contributed by atoms with E-state index in [1.54, 1.807) is 0 Å². The molecular formula is C9H8N2OS. The van der Waals surface area contributed by atoms with Gasteiger partial charge in [0, 0.05) is 0 Å². The first-order valence-electron chi connectivity index (χ1n) is 3.84. The molecule has 0 fully saturated rings. The van der Waals surface area contributed by atoms with Crippen LogP contribution in [0.5, 0.6) is 0 Å². The van der Waals surface area contributed by atoms with E-state index in [0.29, 0.717) is 5.01 Å². The van der Waals surface area contributed by atoms with Crippen molar-refractivity contribution in [2.24, 2.45) is 5.73 Å². The summed E-state index contributed by atoms with van der Waals surface area (Å²) in [5.74, 6) is -0.458. The lowest BCUT2D eigenvalue weighted by molar-refractivity contribution is 0.1000. The van der Waals surface area contributed by atoms with Crippen LogP contribution in [-0.4, -0.2) is 10.9 Å². The predicted molar refractivity (Wildman–Crippen MR) is 52.9 cm³/mol. The first-order valence-corrected chi connectivity index (χ1v) is 4.66. The number of thiazole rings is 1. The maximum Gasteiger partial charge on any atom is 0.277 e. The zero-order chi connectivity index (χ0) is 9.42. The number of carbonyl (C=O) groups excluding carboxylic acids is 1. The maximum atomic E-state index is 10.9. The van der Waals surface area contributed by atoms with Gasteiger partial charge in [0.15, 0.2) is 5.01 Å². The molecule has 0 bridgehead atoms. The Balaban J connectivity index is 2.75. The maximum absolute atomic E-state index is 10.9. The van der Waals surface area contributed by atoms with Gasteiger partial charge >= 0.3 is 0 Å². The molecule has 13 heavy (non-hydrogen) atoms. The molecule has 66 valence electrons. The van der Waals surface area contributed by atoms with Crippen molar-refractivity contribution < 1.29 is 4.79 Å². The van der Waals surface area contributed by atoms with Gasteiger partial charge in [-0.2, -0.15) is 0 Å². The molecule has 0 aliphatic carbocycles. The Labute approximate surface area is 79.2 Å². The van der Waals surface area contributed by atoms with Crippen molar-refractivity contribution >= 4 is 27.5 Å². The summed E-state index contributed by atoms with van der Waals surface area (Å²) in [6, 6.07) is 5.85. The van der Waals surface area contributed by atoms with Crippen LogP contribution >= 0.6 is 11.3 Å². The fraction of sp³-hybridized carbons (Fsp3) is 0.111. The van der Waals surface area contributed by atoms with Crippen LogP contribution in [0.3, 0.4) is 0 Å². The molecule has 0 saturated carbocycles. The van der Waals surface area contributed by atoms with Gasteiger partial charge in [0.05, 0.1) is 10.2 Å². The monoisotopic (exact) mass is 192 g/mol. The Morgan fingerprint density at radius 3 is 2.92 bits per heavy atom. The molecular weight excluding hydrogens is 184 g/mol.